The Hall–Kier alpha value is -2.30. The molecular formula is C14H13F2NO2. The number of nitrogen functional groups attached to an aromatic ring is 1. The normalized spacial score (nSPS) is 10.3. The molecule has 0 aliphatic heterocycles. The predicted octanol–water partition coefficient (Wildman–Crippen LogP) is 3.13. The van der Waals surface area contributed by atoms with E-state index in [9.17, 15) is 8.78 Å². The Kier molecular flexibility index (Phi) is 3.85. The van der Waals surface area contributed by atoms with Gasteiger partial charge >= 0.3 is 0 Å². The van der Waals surface area contributed by atoms with E-state index in [-0.39, 0.29) is 12.4 Å². The topological polar surface area (TPSA) is 44.5 Å². The molecule has 0 aromatic heterocycles. The average molecular weight is 265 g/mol. The first-order valence-corrected chi connectivity index (χ1v) is 5.60. The number of nitrogens with two attached hydrogens (primary N) is 1. The molecule has 2 aromatic carbocycles. The van der Waals surface area contributed by atoms with Crippen molar-refractivity contribution in [2.24, 2.45) is 0 Å². The van der Waals surface area contributed by atoms with Crippen molar-refractivity contribution in [3.05, 3.63) is 53.6 Å². The van der Waals surface area contributed by atoms with Gasteiger partial charge in [0.1, 0.15) is 18.2 Å². The van der Waals surface area contributed by atoms with Crippen molar-refractivity contribution in [1.82, 2.24) is 0 Å². The fourth-order valence-electron chi connectivity index (χ4n) is 1.63. The molecule has 19 heavy (non-hydrogen) atoms. The summed E-state index contributed by atoms with van der Waals surface area (Å²) in [7, 11) is 1.51. The van der Waals surface area contributed by atoms with Gasteiger partial charge in [-0.3, -0.25) is 0 Å². The number of halogens is 2. The molecule has 0 spiro atoms. The monoisotopic (exact) mass is 265 g/mol. The van der Waals surface area contributed by atoms with Crippen LogP contribution >= 0.6 is 0 Å². The second-order valence-electron chi connectivity index (χ2n) is 3.93. The van der Waals surface area contributed by atoms with Crippen LogP contribution in [0.25, 0.3) is 0 Å². The van der Waals surface area contributed by atoms with Crippen LogP contribution in [0.3, 0.4) is 0 Å². The van der Waals surface area contributed by atoms with Crippen LogP contribution in [-0.2, 0) is 6.61 Å². The van der Waals surface area contributed by atoms with E-state index in [1.165, 1.54) is 13.2 Å². The van der Waals surface area contributed by atoms with E-state index in [1.807, 2.05) is 0 Å². The Morgan fingerprint density at radius 1 is 1.05 bits per heavy atom. The molecule has 0 aliphatic carbocycles. The van der Waals surface area contributed by atoms with Crippen LogP contribution in [0.1, 0.15) is 5.56 Å². The maximum absolute atomic E-state index is 13.4. The van der Waals surface area contributed by atoms with Gasteiger partial charge < -0.3 is 15.2 Å². The Balaban J connectivity index is 2.14. The van der Waals surface area contributed by atoms with Gasteiger partial charge in [-0.2, -0.15) is 0 Å². The van der Waals surface area contributed by atoms with E-state index in [4.69, 9.17) is 15.2 Å². The SMILES string of the molecule is COc1cc(N)ccc1COc1ccc(F)cc1F. The van der Waals surface area contributed by atoms with E-state index in [0.717, 1.165) is 17.7 Å². The van der Waals surface area contributed by atoms with E-state index in [1.54, 1.807) is 18.2 Å². The van der Waals surface area contributed by atoms with E-state index < -0.39 is 11.6 Å². The zero-order chi connectivity index (χ0) is 13.8. The maximum atomic E-state index is 13.4. The summed E-state index contributed by atoms with van der Waals surface area (Å²) in [5, 5.41) is 0. The van der Waals surface area contributed by atoms with Crippen molar-refractivity contribution in [3.8, 4) is 11.5 Å². The van der Waals surface area contributed by atoms with Gasteiger partial charge in [-0.15, -0.1) is 0 Å². The van der Waals surface area contributed by atoms with Crippen molar-refractivity contribution in [2.75, 3.05) is 12.8 Å². The summed E-state index contributed by atoms with van der Waals surface area (Å²) >= 11 is 0. The fraction of sp³-hybridized carbons (Fsp3) is 0.143. The number of hydrogen-bond donors (Lipinski definition) is 1. The third-order valence-electron chi connectivity index (χ3n) is 2.59. The third kappa shape index (κ3) is 3.13. The highest BCUT2D eigenvalue weighted by atomic mass is 19.1. The van der Waals surface area contributed by atoms with Crippen molar-refractivity contribution >= 4 is 5.69 Å². The van der Waals surface area contributed by atoms with Crippen LogP contribution in [0.4, 0.5) is 14.5 Å². The summed E-state index contributed by atoms with van der Waals surface area (Å²) in [6.07, 6.45) is 0. The lowest BCUT2D eigenvalue weighted by Gasteiger charge is -2.11. The van der Waals surface area contributed by atoms with E-state index >= 15 is 0 Å². The van der Waals surface area contributed by atoms with Crippen LogP contribution in [0.5, 0.6) is 11.5 Å². The van der Waals surface area contributed by atoms with Gasteiger partial charge in [-0.1, -0.05) is 0 Å². The van der Waals surface area contributed by atoms with Gasteiger partial charge in [0, 0.05) is 23.4 Å². The van der Waals surface area contributed by atoms with E-state index in [2.05, 4.69) is 0 Å². The third-order valence-corrected chi connectivity index (χ3v) is 2.59. The highest BCUT2D eigenvalue weighted by molar-refractivity contribution is 5.48. The van der Waals surface area contributed by atoms with Gasteiger partial charge in [-0.05, 0) is 24.3 Å². The number of ether oxygens (including phenoxy) is 2. The largest absolute Gasteiger partial charge is 0.496 e. The molecule has 0 aliphatic rings. The fourth-order valence-corrected chi connectivity index (χ4v) is 1.63. The van der Waals surface area contributed by atoms with Crippen molar-refractivity contribution in [3.63, 3.8) is 0 Å². The van der Waals surface area contributed by atoms with E-state index in [0.29, 0.717) is 11.4 Å². The van der Waals surface area contributed by atoms with Crippen molar-refractivity contribution in [2.45, 2.75) is 6.61 Å². The zero-order valence-corrected chi connectivity index (χ0v) is 10.3. The lowest BCUT2D eigenvalue weighted by molar-refractivity contribution is 0.282. The maximum Gasteiger partial charge on any atom is 0.167 e. The number of anilines is 1. The number of benzene rings is 2. The molecule has 5 heteroatoms. The first kappa shape index (κ1) is 13.1. The van der Waals surface area contributed by atoms with Crippen molar-refractivity contribution < 1.29 is 18.3 Å². The number of hydrogen-bond acceptors (Lipinski definition) is 3. The van der Waals surface area contributed by atoms with Gasteiger partial charge in [0.15, 0.2) is 11.6 Å². The second-order valence-corrected chi connectivity index (χ2v) is 3.93. The zero-order valence-electron chi connectivity index (χ0n) is 10.3. The van der Waals surface area contributed by atoms with Crippen LogP contribution < -0.4 is 15.2 Å². The van der Waals surface area contributed by atoms with Gasteiger partial charge in [0.2, 0.25) is 0 Å². The van der Waals surface area contributed by atoms with Crippen LogP contribution in [0, 0.1) is 11.6 Å². The molecule has 2 N–H and O–H groups in total. The van der Waals surface area contributed by atoms with Crippen LogP contribution in [-0.4, -0.2) is 7.11 Å². The molecule has 2 aromatic rings. The Morgan fingerprint density at radius 3 is 2.53 bits per heavy atom. The summed E-state index contributed by atoms with van der Waals surface area (Å²) in [6.45, 7) is 0.103. The van der Waals surface area contributed by atoms with Gasteiger partial charge in [0.25, 0.3) is 0 Å². The molecule has 0 radical (unpaired) electrons. The lowest BCUT2D eigenvalue weighted by atomic mass is 10.2. The number of rotatable bonds is 4. The van der Waals surface area contributed by atoms with Crippen LogP contribution in [0.15, 0.2) is 36.4 Å². The molecule has 0 bridgehead atoms. The number of methoxy groups -OCH3 is 1. The summed E-state index contributed by atoms with van der Waals surface area (Å²) in [4.78, 5) is 0. The molecule has 0 unspecified atom stereocenters. The molecule has 0 fully saturated rings. The lowest BCUT2D eigenvalue weighted by Crippen LogP contribution is -2.01. The predicted molar refractivity (Wildman–Crippen MR) is 68.1 cm³/mol. The first-order chi connectivity index (χ1) is 9.10. The highest BCUT2D eigenvalue weighted by Crippen LogP contribution is 2.24. The minimum Gasteiger partial charge on any atom is -0.496 e. The van der Waals surface area contributed by atoms with Crippen LogP contribution in [0.2, 0.25) is 0 Å². The molecule has 100 valence electrons. The molecule has 0 saturated heterocycles. The van der Waals surface area contributed by atoms with Gasteiger partial charge in [0.05, 0.1) is 7.11 Å². The summed E-state index contributed by atoms with van der Waals surface area (Å²) < 4.78 is 36.6. The minimum absolute atomic E-state index is 0.0136. The Morgan fingerprint density at radius 2 is 1.84 bits per heavy atom. The van der Waals surface area contributed by atoms with Gasteiger partial charge in [-0.25, -0.2) is 8.78 Å². The summed E-state index contributed by atoms with van der Waals surface area (Å²) in [6, 6.07) is 8.24. The molecule has 0 amide bonds. The highest BCUT2D eigenvalue weighted by Gasteiger charge is 2.08. The summed E-state index contributed by atoms with van der Waals surface area (Å²) in [5.41, 5.74) is 6.91. The second kappa shape index (κ2) is 5.56. The molecule has 0 atom stereocenters. The molecule has 3 nitrogen and oxygen atoms in total. The smallest absolute Gasteiger partial charge is 0.167 e. The average Bonchev–Trinajstić information content (AvgIpc) is 2.39. The minimum atomic E-state index is -0.741. The first-order valence-electron chi connectivity index (χ1n) is 5.60. The van der Waals surface area contributed by atoms with Crippen molar-refractivity contribution in [1.29, 1.82) is 0 Å². The molecule has 0 saturated carbocycles. The molecular weight excluding hydrogens is 252 g/mol. The Labute approximate surface area is 109 Å². The Bertz CT molecular complexity index is 588. The summed E-state index contributed by atoms with van der Waals surface area (Å²) in [5.74, 6) is -0.841. The molecule has 0 heterocycles. The quantitative estimate of drug-likeness (QED) is 0.864. The standard InChI is InChI=1S/C14H13F2NO2/c1-18-14-7-11(17)4-2-9(14)8-19-13-5-3-10(15)6-12(13)16/h2-7H,8,17H2,1H3. The molecule has 2 rings (SSSR count).